The van der Waals surface area contributed by atoms with Crippen LogP contribution in [-0.2, 0) is 14.4 Å². The van der Waals surface area contributed by atoms with Crippen LogP contribution in [0.5, 0.6) is 0 Å². The van der Waals surface area contributed by atoms with Crippen molar-refractivity contribution in [1.82, 2.24) is 10.8 Å². The predicted octanol–water partition coefficient (Wildman–Crippen LogP) is -0.816. The van der Waals surface area contributed by atoms with Crippen LogP contribution in [0.3, 0.4) is 0 Å². The number of carbonyl (C=O) groups excluding carboxylic acids is 1. The summed E-state index contributed by atoms with van der Waals surface area (Å²) in [7, 11) is 1.57. The summed E-state index contributed by atoms with van der Waals surface area (Å²) in [6.45, 7) is 1.31. The number of rotatable bonds is 8. The summed E-state index contributed by atoms with van der Waals surface area (Å²) in [4.78, 5) is 15.8. The van der Waals surface area contributed by atoms with E-state index in [1.54, 1.807) is 7.11 Å². The van der Waals surface area contributed by atoms with Crippen LogP contribution >= 0.6 is 0 Å². The molecule has 0 aliphatic carbocycles. The minimum absolute atomic E-state index is 0.0785. The lowest BCUT2D eigenvalue weighted by atomic mass is 10.4. The molecule has 14 heavy (non-hydrogen) atoms. The van der Waals surface area contributed by atoms with Crippen molar-refractivity contribution in [2.75, 3.05) is 33.4 Å². The number of amides is 1. The Kier molecular flexibility index (Phi) is 9.10. The van der Waals surface area contributed by atoms with E-state index in [0.29, 0.717) is 26.2 Å². The topological polar surface area (TPSA) is 83.4 Å². The molecule has 1 amide bonds. The fourth-order valence-corrected chi connectivity index (χ4v) is 0.634. The van der Waals surface area contributed by atoms with Gasteiger partial charge >= 0.3 is 0 Å². The van der Waals surface area contributed by atoms with E-state index in [1.807, 2.05) is 6.07 Å². The Morgan fingerprint density at radius 3 is 2.93 bits per heavy atom. The number of nitrogens with zero attached hydrogens (tertiary/aromatic N) is 1. The molecular formula is C8H15N3O3. The van der Waals surface area contributed by atoms with Gasteiger partial charge in [-0.3, -0.25) is 9.63 Å². The highest BCUT2D eigenvalue weighted by molar-refractivity contribution is 5.77. The summed E-state index contributed by atoms with van der Waals surface area (Å²) in [5, 5.41) is 10.7. The Bertz CT molecular complexity index is 191. The van der Waals surface area contributed by atoms with Crippen LogP contribution in [0.2, 0.25) is 0 Å². The predicted molar refractivity (Wildman–Crippen MR) is 49.1 cm³/mol. The van der Waals surface area contributed by atoms with E-state index in [9.17, 15) is 4.79 Å². The zero-order chi connectivity index (χ0) is 10.6. The van der Waals surface area contributed by atoms with Crippen molar-refractivity contribution in [3.05, 3.63) is 0 Å². The summed E-state index contributed by atoms with van der Waals surface area (Å²) in [6, 6.07) is 1.92. The number of ether oxygens (including phenoxy) is 1. The van der Waals surface area contributed by atoms with Crippen LogP contribution in [0.1, 0.15) is 6.42 Å². The molecule has 0 spiro atoms. The van der Waals surface area contributed by atoms with E-state index in [2.05, 4.69) is 10.8 Å². The van der Waals surface area contributed by atoms with E-state index in [0.717, 1.165) is 0 Å². The van der Waals surface area contributed by atoms with Gasteiger partial charge in [0.05, 0.1) is 32.2 Å². The van der Waals surface area contributed by atoms with Crippen molar-refractivity contribution in [1.29, 1.82) is 5.26 Å². The average molecular weight is 201 g/mol. The first-order chi connectivity index (χ1) is 6.81. The summed E-state index contributed by atoms with van der Waals surface area (Å²) in [5.74, 6) is -0.197. The van der Waals surface area contributed by atoms with E-state index in [-0.39, 0.29) is 12.5 Å². The molecule has 2 N–H and O–H groups in total. The number of nitriles is 1. The lowest BCUT2D eigenvalue weighted by molar-refractivity contribution is -0.123. The molecule has 0 radical (unpaired) electrons. The maximum absolute atomic E-state index is 11.0. The number of carbonyl (C=O) groups is 1. The zero-order valence-electron chi connectivity index (χ0n) is 8.21. The van der Waals surface area contributed by atoms with Crippen molar-refractivity contribution in [3.8, 4) is 6.07 Å². The molecule has 0 bridgehead atoms. The Balaban J connectivity index is 3.15. The maximum atomic E-state index is 11.0. The largest absolute Gasteiger partial charge is 0.382 e. The van der Waals surface area contributed by atoms with Crippen molar-refractivity contribution >= 4 is 5.91 Å². The Hall–Kier alpha value is -1.16. The summed E-state index contributed by atoms with van der Waals surface area (Å²) >= 11 is 0. The molecule has 0 rings (SSSR count). The lowest BCUT2D eigenvalue weighted by Gasteiger charge is -2.05. The maximum Gasteiger partial charge on any atom is 0.236 e. The summed E-state index contributed by atoms with van der Waals surface area (Å²) in [5.41, 5.74) is 2.47. The highest BCUT2D eigenvalue weighted by Gasteiger charge is 1.98. The van der Waals surface area contributed by atoms with Crippen LogP contribution in [0.25, 0.3) is 0 Å². The van der Waals surface area contributed by atoms with Gasteiger partial charge in [-0.05, 0) is 0 Å². The molecule has 0 aromatic heterocycles. The Morgan fingerprint density at radius 1 is 1.50 bits per heavy atom. The van der Waals surface area contributed by atoms with Gasteiger partial charge in [-0.15, -0.1) is 0 Å². The number of hydrogen-bond donors (Lipinski definition) is 2. The molecular weight excluding hydrogens is 186 g/mol. The highest BCUT2D eigenvalue weighted by Crippen LogP contribution is 1.73. The van der Waals surface area contributed by atoms with E-state index >= 15 is 0 Å². The lowest BCUT2D eigenvalue weighted by Crippen LogP contribution is -2.34. The monoisotopic (exact) mass is 201 g/mol. The van der Waals surface area contributed by atoms with Crippen LogP contribution < -0.4 is 10.8 Å². The van der Waals surface area contributed by atoms with Gasteiger partial charge in [0.1, 0.15) is 0 Å². The first-order valence-corrected chi connectivity index (χ1v) is 4.28. The third kappa shape index (κ3) is 8.93. The van der Waals surface area contributed by atoms with Gasteiger partial charge in [0.2, 0.25) is 5.91 Å². The Morgan fingerprint density at radius 2 is 2.29 bits per heavy atom. The van der Waals surface area contributed by atoms with Crippen LogP contribution in [0.15, 0.2) is 0 Å². The standard InChI is InChI=1S/C8H15N3O3/c1-13-5-6-14-11-7-8(12)10-4-2-3-9/h11H,2,4-7H2,1H3,(H,10,12). The summed E-state index contributed by atoms with van der Waals surface area (Å²) in [6.07, 6.45) is 0.316. The SMILES string of the molecule is COCCONCC(=O)NCCC#N. The van der Waals surface area contributed by atoms with Gasteiger partial charge in [0, 0.05) is 13.7 Å². The second kappa shape index (κ2) is 9.92. The normalized spacial score (nSPS) is 9.43. The first kappa shape index (κ1) is 12.8. The van der Waals surface area contributed by atoms with E-state index < -0.39 is 0 Å². The molecule has 80 valence electrons. The second-order valence-corrected chi connectivity index (χ2v) is 2.42. The first-order valence-electron chi connectivity index (χ1n) is 4.28. The van der Waals surface area contributed by atoms with Gasteiger partial charge < -0.3 is 10.1 Å². The van der Waals surface area contributed by atoms with Crippen LogP contribution in [0, 0.1) is 11.3 Å². The van der Waals surface area contributed by atoms with Gasteiger partial charge in [-0.25, -0.2) is 0 Å². The molecule has 0 saturated heterocycles. The molecule has 0 unspecified atom stereocenters. The van der Waals surface area contributed by atoms with Crippen LogP contribution in [-0.4, -0.2) is 39.3 Å². The second-order valence-electron chi connectivity index (χ2n) is 2.42. The van der Waals surface area contributed by atoms with Gasteiger partial charge in [0.25, 0.3) is 0 Å². The van der Waals surface area contributed by atoms with Gasteiger partial charge in [-0.2, -0.15) is 10.7 Å². The Labute approximate surface area is 83.1 Å². The average Bonchev–Trinajstić information content (AvgIpc) is 2.18. The number of hydrogen-bond acceptors (Lipinski definition) is 5. The minimum Gasteiger partial charge on any atom is -0.382 e. The summed E-state index contributed by atoms with van der Waals surface area (Å²) < 4.78 is 4.73. The fourth-order valence-electron chi connectivity index (χ4n) is 0.634. The number of methoxy groups -OCH3 is 1. The van der Waals surface area contributed by atoms with Crippen molar-refractivity contribution < 1.29 is 14.4 Å². The molecule has 0 heterocycles. The van der Waals surface area contributed by atoms with Crippen LogP contribution in [0.4, 0.5) is 0 Å². The highest BCUT2D eigenvalue weighted by atomic mass is 16.7. The molecule has 0 aliphatic heterocycles. The molecule has 0 atom stereocenters. The molecule has 0 aliphatic rings. The molecule has 0 aromatic carbocycles. The fraction of sp³-hybridized carbons (Fsp3) is 0.750. The van der Waals surface area contributed by atoms with Crippen molar-refractivity contribution in [3.63, 3.8) is 0 Å². The third-order valence-corrected chi connectivity index (χ3v) is 1.28. The third-order valence-electron chi connectivity index (χ3n) is 1.28. The van der Waals surface area contributed by atoms with Gasteiger partial charge in [0.15, 0.2) is 0 Å². The number of hydroxylamine groups is 1. The zero-order valence-corrected chi connectivity index (χ0v) is 8.21. The molecule has 0 saturated carbocycles. The molecule has 6 nitrogen and oxygen atoms in total. The number of nitrogens with one attached hydrogen (secondary N) is 2. The minimum atomic E-state index is -0.197. The molecule has 0 fully saturated rings. The van der Waals surface area contributed by atoms with Crippen molar-refractivity contribution in [2.24, 2.45) is 0 Å². The van der Waals surface area contributed by atoms with E-state index in [4.69, 9.17) is 14.8 Å². The van der Waals surface area contributed by atoms with Gasteiger partial charge in [-0.1, -0.05) is 0 Å². The molecule has 6 heteroatoms. The molecule has 0 aromatic rings. The van der Waals surface area contributed by atoms with E-state index in [1.165, 1.54) is 0 Å². The van der Waals surface area contributed by atoms with Crippen molar-refractivity contribution in [2.45, 2.75) is 6.42 Å². The quantitative estimate of drug-likeness (QED) is 0.396. The smallest absolute Gasteiger partial charge is 0.236 e.